The predicted octanol–water partition coefficient (Wildman–Crippen LogP) is 1.55. The summed E-state index contributed by atoms with van der Waals surface area (Å²) in [6, 6.07) is 0.565. The van der Waals surface area contributed by atoms with E-state index in [-0.39, 0.29) is 6.04 Å². The van der Waals surface area contributed by atoms with Gasteiger partial charge in [0, 0.05) is 25.2 Å². The van der Waals surface area contributed by atoms with Crippen molar-refractivity contribution in [1.29, 1.82) is 0 Å². The molecule has 0 amide bonds. The molecule has 1 heterocycles. The van der Waals surface area contributed by atoms with Gasteiger partial charge in [0.15, 0.2) is 0 Å². The molecule has 1 aliphatic rings. The van der Waals surface area contributed by atoms with Gasteiger partial charge in [-0.2, -0.15) is 13.2 Å². The second-order valence-corrected chi connectivity index (χ2v) is 5.32. The van der Waals surface area contributed by atoms with Gasteiger partial charge in [-0.05, 0) is 40.4 Å². The van der Waals surface area contributed by atoms with Gasteiger partial charge in [0.2, 0.25) is 0 Å². The molecule has 3 nitrogen and oxygen atoms in total. The van der Waals surface area contributed by atoms with E-state index < -0.39 is 12.7 Å². The quantitative estimate of drug-likeness (QED) is 0.815. The molecule has 0 radical (unpaired) electrons. The van der Waals surface area contributed by atoms with Crippen molar-refractivity contribution in [2.45, 2.75) is 38.0 Å². The lowest BCUT2D eigenvalue weighted by molar-refractivity contribution is -0.125. The molecule has 0 spiro atoms. The van der Waals surface area contributed by atoms with Crippen molar-refractivity contribution >= 4 is 0 Å². The lowest BCUT2D eigenvalue weighted by Gasteiger charge is -2.39. The summed E-state index contributed by atoms with van der Waals surface area (Å²) >= 11 is 0. The smallest absolute Gasteiger partial charge is 0.307 e. The summed E-state index contributed by atoms with van der Waals surface area (Å²) in [4.78, 5) is 4.47. The molecule has 0 aliphatic carbocycles. The topological polar surface area (TPSA) is 18.5 Å². The van der Waals surface area contributed by atoms with Gasteiger partial charge in [0.25, 0.3) is 0 Å². The van der Waals surface area contributed by atoms with Crippen LogP contribution < -0.4 is 5.32 Å². The number of rotatable bonds is 5. The number of hydrogen-bond acceptors (Lipinski definition) is 3. The average molecular weight is 267 g/mol. The Morgan fingerprint density at radius 2 is 2.11 bits per heavy atom. The number of alkyl halides is 3. The monoisotopic (exact) mass is 267 g/mol. The molecule has 1 N–H and O–H groups in total. The molecule has 0 aromatic carbocycles. The zero-order valence-electron chi connectivity index (χ0n) is 11.4. The van der Waals surface area contributed by atoms with Gasteiger partial charge in [-0.15, -0.1) is 0 Å². The SMILES string of the molecule is CC(CNCC(F)(F)F)N(C)C1CCCN(C)C1. The molecule has 1 aliphatic heterocycles. The highest BCUT2D eigenvalue weighted by molar-refractivity contribution is 4.81. The first kappa shape index (κ1) is 15.7. The standard InChI is InChI=1S/C12H24F3N3/c1-10(7-16-9-12(13,14)15)18(3)11-5-4-6-17(2)8-11/h10-11,16H,4-9H2,1-3H3. The summed E-state index contributed by atoms with van der Waals surface area (Å²) in [6.07, 6.45) is -1.83. The van der Waals surface area contributed by atoms with E-state index in [2.05, 4.69) is 22.2 Å². The molecule has 0 aromatic rings. The van der Waals surface area contributed by atoms with Gasteiger partial charge in [0.1, 0.15) is 0 Å². The Balaban J connectivity index is 2.29. The Bertz CT molecular complexity index is 245. The Hall–Kier alpha value is -0.330. The zero-order chi connectivity index (χ0) is 13.8. The number of likely N-dealkylation sites (N-methyl/N-ethyl adjacent to an activating group) is 2. The third-order valence-corrected chi connectivity index (χ3v) is 3.64. The normalized spacial score (nSPS) is 24.5. The van der Waals surface area contributed by atoms with E-state index in [1.165, 1.54) is 0 Å². The third-order valence-electron chi connectivity index (χ3n) is 3.64. The molecule has 1 saturated heterocycles. The molecular weight excluding hydrogens is 243 g/mol. The molecular formula is C12H24F3N3. The third kappa shape index (κ3) is 5.54. The van der Waals surface area contributed by atoms with Crippen molar-refractivity contribution in [3.63, 3.8) is 0 Å². The Kier molecular flexibility index (Phi) is 5.88. The van der Waals surface area contributed by atoms with Crippen LogP contribution in [0, 0.1) is 0 Å². The van der Waals surface area contributed by atoms with Gasteiger partial charge < -0.3 is 10.2 Å². The van der Waals surface area contributed by atoms with E-state index in [0.29, 0.717) is 12.6 Å². The highest BCUT2D eigenvalue weighted by atomic mass is 19.4. The van der Waals surface area contributed by atoms with Gasteiger partial charge in [0.05, 0.1) is 6.54 Å². The molecule has 108 valence electrons. The fourth-order valence-electron chi connectivity index (χ4n) is 2.40. The predicted molar refractivity (Wildman–Crippen MR) is 66.7 cm³/mol. The molecule has 2 atom stereocenters. The van der Waals surface area contributed by atoms with Crippen LogP contribution >= 0.6 is 0 Å². The first-order valence-electron chi connectivity index (χ1n) is 6.47. The maximum absolute atomic E-state index is 12.0. The van der Waals surface area contributed by atoms with Gasteiger partial charge in [-0.25, -0.2) is 0 Å². The largest absolute Gasteiger partial charge is 0.401 e. The fraction of sp³-hybridized carbons (Fsp3) is 1.00. The maximum Gasteiger partial charge on any atom is 0.401 e. The first-order valence-corrected chi connectivity index (χ1v) is 6.47. The number of piperidine rings is 1. The van der Waals surface area contributed by atoms with Crippen LogP contribution in [-0.4, -0.2) is 68.3 Å². The number of halogens is 3. The molecule has 2 unspecified atom stereocenters. The lowest BCUT2D eigenvalue weighted by atomic mass is 10.0. The number of nitrogens with one attached hydrogen (secondary N) is 1. The first-order chi connectivity index (χ1) is 8.29. The molecule has 0 bridgehead atoms. The van der Waals surface area contributed by atoms with Crippen molar-refractivity contribution in [2.24, 2.45) is 0 Å². The van der Waals surface area contributed by atoms with Crippen molar-refractivity contribution in [1.82, 2.24) is 15.1 Å². The summed E-state index contributed by atoms with van der Waals surface area (Å²) in [6.45, 7) is 3.55. The van der Waals surface area contributed by atoms with Crippen LogP contribution in [0.1, 0.15) is 19.8 Å². The van der Waals surface area contributed by atoms with Crippen LogP contribution in [0.15, 0.2) is 0 Å². The van der Waals surface area contributed by atoms with Crippen molar-refractivity contribution in [2.75, 3.05) is 40.3 Å². The average Bonchev–Trinajstić information content (AvgIpc) is 2.26. The van der Waals surface area contributed by atoms with Crippen LogP contribution in [0.3, 0.4) is 0 Å². The second-order valence-electron chi connectivity index (χ2n) is 5.32. The van der Waals surface area contributed by atoms with E-state index in [1.807, 2.05) is 14.0 Å². The number of hydrogen-bond donors (Lipinski definition) is 1. The Labute approximate surface area is 107 Å². The Morgan fingerprint density at radius 3 is 2.67 bits per heavy atom. The Morgan fingerprint density at radius 1 is 1.44 bits per heavy atom. The fourth-order valence-corrected chi connectivity index (χ4v) is 2.40. The molecule has 1 fully saturated rings. The summed E-state index contributed by atoms with van der Waals surface area (Å²) in [5.74, 6) is 0. The molecule has 18 heavy (non-hydrogen) atoms. The maximum atomic E-state index is 12.0. The van der Waals surface area contributed by atoms with Crippen LogP contribution in [-0.2, 0) is 0 Å². The number of likely N-dealkylation sites (tertiary alicyclic amines) is 1. The molecule has 0 saturated carbocycles. The van der Waals surface area contributed by atoms with Crippen LogP contribution in [0.4, 0.5) is 13.2 Å². The minimum absolute atomic E-state index is 0.115. The zero-order valence-corrected chi connectivity index (χ0v) is 11.4. The van der Waals surface area contributed by atoms with Gasteiger partial charge in [-0.1, -0.05) is 0 Å². The summed E-state index contributed by atoms with van der Waals surface area (Å²) in [7, 11) is 4.09. The van der Waals surface area contributed by atoms with E-state index in [9.17, 15) is 13.2 Å². The van der Waals surface area contributed by atoms with Crippen molar-refractivity contribution in [3.8, 4) is 0 Å². The van der Waals surface area contributed by atoms with Crippen molar-refractivity contribution < 1.29 is 13.2 Å². The van der Waals surface area contributed by atoms with Crippen LogP contribution in [0.25, 0.3) is 0 Å². The molecule has 0 aromatic heterocycles. The highest BCUT2D eigenvalue weighted by Crippen LogP contribution is 2.16. The number of nitrogens with zero attached hydrogens (tertiary/aromatic N) is 2. The lowest BCUT2D eigenvalue weighted by Crippen LogP contribution is -2.51. The van der Waals surface area contributed by atoms with Gasteiger partial charge >= 0.3 is 6.18 Å². The minimum atomic E-state index is -4.12. The van der Waals surface area contributed by atoms with E-state index in [1.54, 1.807) is 0 Å². The van der Waals surface area contributed by atoms with Gasteiger partial charge in [-0.3, -0.25) is 4.90 Å². The van der Waals surface area contributed by atoms with Crippen molar-refractivity contribution in [3.05, 3.63) is 0 Å². The highest BCUT2D eigenvalue weighted by Gasteiger charge is 2.28. The van der Waals surface area contributed by atoms with Crippen LogP contribution in [0.5, 0.6) is 0 Å². The van der Waals surface area contributed by atoms with Crippen LogP contribution in [0.2, 0.25) is 0 Å². The minimum Gasteiger partial charge on any atom is -0.307 e. The molecule has 6 heteroatoms. The van der Waals surface area contributed by atoms with E-state index in [0.717, 1.165) is 25.9 Å². The van der Waals surface area contributed by atoms with E-state index >= 15 is 0 Å². The summed E-state index contributed by atoms with van der Waals surface area (Å²) in [5.41, 5.74) is 0. The van der Waals surface area contributed by atoms with E-state index in [4.69, 9.17) is 0 Å². The molecule has 1 rings (SSSR count). The summed E-state index contributed by atoms with van der Waals surface area (Å²) in [5, 5.41) is 2.48. The second kappa shape index (κ2) is 6.73. The summed E-state index contributed by atoms with van der Waals surface area (Å²) < 4.78 is 36.1.